The number of benzene rings is 2. The summed E-state index contributed by atoms with van der Waals surface area (Å²) >= 11 is 1.69. The summed E-state index contributed by atoms with van der Waals surface area (Å²) in [5.41, 5.74) is 4.07. The zero-order valence-electron chi connectivity index (χ0n) is 16.6. The number of nitrogens with one attached hydrogen (secondary N) is 1. The summed E-state index contributed by atoms with van der Waals surface area (Å²) in [5, 5.41) is 10.4. The first kappa shape index (κ1) is 20.1. The maximum absolute atomic E-state index is 11.9. The number of amides is 1. The molecular weight excluding hydrogens is 368 g/mol. The van der Waals surface area contributed by atoms with Gasteiger partial charge in [-0.15, -0.1) is 0 Å². The quantitative estimate of drug-likeness (QED) is 0.778. The molecule has 1 N–H and O–H groups in total. The van der Waals surface area contributed by atoms with Gasteiger partial charge < -0.3 is 5.32 Å². The smallest absolute Gasteiger partial charge is 0.224 e. The Hall–Kier alpha value is -2.60. The van der Waals surface area contributed by atoms with Crippen LogP contribution in [0.2, 0.25) is 0 Å². The Morgan fingerprint density at radius 2 is 1.89 bits per heavy atom. The minimum Gasteiger partial charge on any atom is -0.326 e. The predicted octanol–water partition coefficient (Wildman–Crippen LogP) is 4.61. The topological polar surface area (TPSA) is 57.1 Å². The third-order valence-corrected chi connectivity index (χ3v) is 5.29. The van der Waals surface area contributed by atoms with Gasteiger partial charge in [-0.05, 0) is 29.2 Å². The molecule has 3 rings (SSSR count). The maximum atomic E-state index is 11.9. The van der Waals surface area contributed by atoms with Gasteiger partial charge in [0, 0.05) is 24.9 Å². The van der Waals surface area contributed by atoms with Crippen molar-refractivity contribution in [1.29, 1.82) is 0 Å². The van der Waals surface area contributed by atoms with Gasteiger partial charge in [0.1, 0.15) is 0 Å². The van der Waals surface area contributed by atoms with E-state index in [-0.39, 0.29) is 5.91 Å². The van der Waals surface area contributed by atoms with Crippen molar-refractivity contribution in [2.24, 2.45) is 16.0 Å². The van der Waals surface area contributed by atoms with Gasteiger partial charge in [-0.25, -0.2) is 5.01 Å². The van der Waals surface area contributed by atoms with E-state index < -0.39 is 0 Å². The molecule has 28 heavy (non-hydrogen) atoms. The molecule has 5 nitrogen and oxygen atoms in total. The number of hydrogen-bond acceptors (Lipinski definition) is 4. The normalized spacial score (nSPS) is 15.6. The fourth-order valence-corrected chi connectivity index (χ4v) is 3.71. The maximum Gasteiger partial charge on any atom is 0.224 e. The Balaban J connectivity index is 1.62. The number of hydrazone groups is 1. The third kappa shape index (κ3) is 5.70. The predicted molar refractivity (Wildman–Crippen MR) is 119 cm³/mol. The largest absolute Gasteiger partial charge is 0.326 e. The number of amidine groups is 1. The number of nitrogens with zero attached hydrogens (tertiary/aromatic N) is 3. The lowest BCUT2D eigenvalue weighted by Gasteiger charge is -2.23. The van der Waals surface area contributed by atoms with E-state index in [0.717, 1.165) is 27.9 Å². The summed E-state index contributed by atoms with van der Waals surface area (Å²) in [6, 6.07) is 18.1. The average molecular weight is 395 g/mol. The number of aliphatic imine (C=N–C) groups is 1. The Kier molecular flexibility index (Phi) is 6.87. The summed E-state index contributed by atoms with van der Waals surface area (Å²) in [5.74, 6) is 1.17. The Labute approximate surface area is 170 Å². The molecule has 0 unspecified atom stereocenters. The molecule has 0 aromatic heterocycles. The van der Waals surface area contributed by atoms with E-state index in [0.29, 0.717) is 18.9 Å². The molecule has 0 atom stereocenters. The highest BCUT2D eigenvalue weighted by molar-refractivity contribution is 8.14. The van der Waals surface area contributed by atoms with E-state index in [1.165, 1.54) is 5.56 Å². The molecule has 0 saturated heterocycles. The Bertz CT molecular complexity index is 860. The van der Waals surface area contributed by atoms with Crippen molar-refractivity contribution in [3.8, 4) is 0 Å². The second kappa shape index (κ2) is 9.55. The van der Waals surface area contributed by atoms with E-state index in [4.69, 9.17) is 0 Å². The molecule has 0 fully saturated rings. The van der Waals surface area contributed by atoms with Gasteiger partial charge in [-0.3, -0.25) is 9.79 Å². The SMILES string of the molecule is CC(C)CC(=O)Nc1ccc(C2=NN(C)C(=NCc3ccccc3)SC2)cc1. The van der Waals surface area contributed by atoms with Crippen LogP contribution < -0.4 is 5.32 Å². The highest BCUT2D eigenvalue weighted by Gasteiger charge is 2.17. The van der Waals surface area contributed by atoms with Crippen molar-refractivity contribution in [3.63, 3.8) is 0 Å². The average Bonchev–Trinajstić information content (AvgIpc) is 2.68. The second-order valence-electron chi connectivity index (χ2n) is 7.17. The number of carbonyl (C=O) groups excluding carboxylic acids is 1. The summed E-state index contributed by atoms with van der Waals surface area (Å²) in [6.07, 6.45) is 0.529. The molecular formula is C22H26N4OS. The van der Waals surface area contributed by atoms with Gasteiger partial charge in [0.05, 0.1) is 12.3 Å². The van der Waals surface area contributed by atoms with Crippen LogP contribution in [0.15, 0.2) is 64.7 Å². The summed E-state index contributed by atoms with van der Waals surface area (Å²) in [4.78, 5) is 16.6. The fourth-order valence-electron chi connectivity index (χ4n) is 2.84. The lowest BCUT2D eigenvalue weighted by atomic mass is 10.1. The summed E-state index contributed by atoms with van der Waals surface area (Å²) in [6.45, 7) is 4.73. The van der Waals surface area contributed by atoms with Crippen molar-refractivity contribution in [2.45, 2.75) is 26.8 Å². The number of hydrogen-bond donors (Lipinski definition) is 1. The van der Waals surface area contributed by atoms with Crippen molar-refractivity contribution in [3.05, 3.63) is 65.7 Å². The molecule has 0 bridgehead atoms. The highest BCUT2D eigenvalue weighted by atomic mass is 32.2. The highest BCUT2D eigenvalue weighted by Crippen LogP contribution is 2.21. The molecule has 2 aromatic rings. The fraction of sp³-hybridized carbons (Fsp3) is 0.318. The first-order valence-electron chi connectivity index (χ1n) is 9.44. The molecule has 0 spiro atoms. The minimum atomic E-state index is 0.0484. The van der Waals surface area contributed by atoms with Gasteiger partial charge in [-0.2, -0.15) is 5.10 Å². The van der Waals surface area contributed by atoms with Crippen LogP contribution in [0.5, 0.6) is 0 Å². The lowest BCUT2D eigenvalue weighted by molar-refractivity contribution is -0.116. The Morgan fingerprint density at radius 1 is 1.18 bits per heavy atom. The van der Waals surface area contributed by atoms with Gasteiger partial charge in [0.2, 0.25) is 5.91 Å². The monoisotopic (exact) mass is 394 g/mol. The number of anilines is 1. The van der Waals surface area contributed by atoms with Gasteiger partial charge in [0.25, 0.3) is 0 Å². The van der Waals surface area contributed by atoms with Crippen LogP contribution in [-0.2, 0) is 11.3 Å². The van der Waals surface area contributed by atoms with Crippen molar-refractivity contribution < 1.29 is 4.79 Å². The van der Waals surface area contributed by atoms with Gasteiger partial charge >= 0.3 is 0 Å². The molecule has 6 heteroatoms. The van der Waals surface area contributed by atoms with Crippen LogP contribution in [0.4, 0.5) is 5.69 Å². The third-order valence-electron chi connectivity index (χ3n) is 4.22. The molecule has 0 radical (unpaired) electrons. The molecule has 1 aliphatic heterocycles. The van der Waals surface area contributed by atoms with E-state index in [1.54, 1.807) is 11.8 Å². The van der Waals surface area contributed by atoms with Crippen molar-refractivity contribution >= 4 is 34.2 Å². The van der Waals surface area contributed by atoms with Gasteiger partial charge in [0.15, 0.2) is 5.17 Å². The lowest BCUT2D eigenvalue weighted by Crippen LogP contribution is -2.27. The standard InChI is InChI=1S/C22H26N4OS/c1-16(2)13-21(27)24-19-11-9-18(10-12-19)20-15-28-22(26(3)25-20)23-14-17-7-5-4-6-8-17/h4-12,16H,13-15H2,1-3H3,(H,24,27). The van der Waals surface area contributed by atoms with Crippen molar-refractivity contribution in [2.75, 3.05) is 18.1 Å². The molecule has 1 aliphatic rings. The van der Waals surface area contributed by atoms with Crippen LogP contribution in [0, 0.1) is 5.92 Å². The molecule has 1 heterocycles. The molecule has 0 saturated carbocycles. The van der Waals surface area contributed by atoms with E-state index in [9.17, 15) is 4.79 Å². The van der Waals surface area contributed by atoms with E-state index in [2.05, 4.69) is 27.5 Å². The molecule has 146 valence electrons. The molecule has 0 aliphatic carbocycles. The number of carbonyl (C=O) groups is 1. The Morgan fingerprint density at radius 3 is 2.54 bits per heavy atom. The van der Waals surface area contributed by atoms with Crippen LogP contribution in [0.1, 0.15) is 31.4 Å². The van der Waals surface area contributed by atoms with E-state index >= 15 is 0 Å². The first-order chi connectivity index (χ1) is 13.5. The van der Waals surface area contributed by atoms with E-state index in [1.807, 2.05) is 68.4 Å². The zero-order valence-corrected chi connectivity index (χ0v) is 17.4. The van der Waals surface area contributed by atoms with Gasteiger partial charge in [-0.1, -0.05) is 68.1 Å². The molecule has 2 aromatic carbocycles. The minimum absolute atomic E-state index is 0.0484. The summed E-state index contributed by atoms with van der Waals surface area (Å²) < 4.78 is 0. The zero-order chi connectivity index (χ0) is 19.9. The molecule has 1 amide bonds. The van der Waals surface area contributed by atoms with Crippen LogP contribution in [0.3, 0.4) is 0 Å². The van der Waals surface area contributed by atoms with Crippen LogP contribution in [-0.4, -0.2) is 34.6 Å². The van der Waals surface area contributed by atoms with Crippen LogP contribution >= 0.6 is 11.8 Å². The summed E-state index contributed by atoms with van der Waals surface area (Å²) in [7, 11) is 1.93. The number of rotatable bonds is 6. The number of thioether (sulfide) groups is 1. The van der Waals surface area contributed by atoms with Crippen molar-refractivity contribution in [1.82, 2.24) is 5.01 Å². The first-order valence-corrected chi connectivity index (χ1v) is 10.4. The van der Waals surface area contributed by atoms with Crippen LogP contribution in [0.25, 0.3) is 0 Å². The second-order valence-corrected chi connectivity index (χ2v) is 8.11.